The SMILES string of the molecule is CC(C)C1CN(c2cc(I)ccc2Br)C1. The molecule has 82 valence electrons. The van der Waals surface area contributed by atoms with Crippen LogP contribution in [0.3, 0.4) is 0 Å². The van der Waals surface area contributed by atoms with E-state index in [2.05, 4.69) is 75.5 Å². The third-order valence-electron chi connectivity index (χ3n) is 3.10. The molecule has 0 N–H and O–H groups in total. The number of anilines is 1. The molecule has 1 aliphatic heterocycles. The Morgan fingerprint density at radius 3 is 2.67 bits per heavy atom. The van der Waals surface area contributed by atoms with Crippen molar-refractivity contribution in [2.75, 3.05) is 18.0 Å². The second-order valence-electron chi connectivity index (χ2n) is 4.50. The highest BCUT2D eigenvalue weighted by Gasteiger charge is 2.30. The molecule has 0 aliphatic carbocycles. The van der Waals surface area contributed by atoms with E-state index in [0.29, 0.717) is 0 Å². The van der Waals surface area contributed by atoms with Gasteiger partial charge in [-0.15, -0.1) is 0 Å². The van der Waals surface area contributed by atoms with Crippen LogP contribution >= 0.6 is 38.5 Å². The Morgan fingerprint density at radius 2 is 2.07 bits per heavy atom. The summed E-state index contributed by atoms with van der Waals surface area (Å²) in [5, 5.41) is 0. The molecule has 1 aromatic rings. The van der Waals surface area contributed by atoms with Crippen molar-refractivity contribution >= 4 is 44.2 Å². The Labute approximate surface area is 114 Å². The summed E-state index contributed by atoms with van der Waals surface area (Å²) in [6.07, 6.45) is 0. The molecule has 2 rings (SSSR count). The van der Waals surface area contributed by atoms with Crippen molar-refractivity contribution in [2.45, 2.75) is 13.8 Å². The van der Waals surface area contributed by atoms with Crippen LogP contribution in [-0.2, 0) is 0 Å². The van der Waals surface area contributed by atoms with Crippen LogP contribution in [0.1, 0.15) is 13.8 Å². The highest BCUT2D eigenvalue weighted by molar-refractivity contribution is 14.1. The average molecular weight is 380 g/mol. The molecule has 1 saturated heterocycles. The highest BCUT2D eigenvalue weighted by atomic mass is 127. The second kappa shape index (κ2) is 4.62. The van der Waals surface area contributed by atoms with E-state index in [1.807, 2.05) is 0 Å². The molecule has 0 spiro atoms. The van der Waals surface area contributed by atoms with Gasteiger partial charge in [-0.05, 0) is 68.6 Å². The maximum Gasteiger partial charge on any atom is 0.0521 e. The van der Waals surface area contributed by atoms with Crippen molar-refractivity contribution in [3.05, 3.63) is 26.2 Å². The summed E-state index contributed by atoms with van der Waals surface area (Å²) in [4.78, 5) is 2.46. The molecule has 0 bridgehead atoms. The Hall–Kier alpha value is 0.230. The van der Waals surface area contributed by atoms with E-state index in [1.54, 1.807) is 0 Å². The van der Waals surface area contributed by atoms with Crippen LogP contribution in [0.4, 0.5) is 5.69 Å². The lowest BCUT2D eigenvalue weighted by Gasteiger charge is -2.43. The first-order valence-corrected chi connectivity index (χ1v) is 7.15. The van der Waals surface area contributed by atoms with Gasteiger partial charge in [-0.2, -0.15) is 0 Å². The summed E-state index contributed by atoms with van der Waals surface area (Å²) in [5.41, 5.74) is 1.35. The molecule has 3 heteroatoms. The third-order valence-corrected chi connectivity index (χ3v) is 4.44. The van der Waals surface area contributed by atoms with Crippen LogP contribution < -0.4 is 4.90 Å². The predicted molar refractivity (Wildman–Crippen MR) is 77.4 cm³/mol. The van der Waals surface area contributed by atoms with Gasteiger partial charge in [0.15, 0.2) is 0 Å². The Morgan fingerprint density at radius 1 is 1.40 bits per heavy atom. The van der Waals surface area contributed by atoms with Crippen molar-refractivity contribution in [1.29, 1.82) is 0 Å². The van der Waals surface area contributed by atoms with Crippen LogP contribution in [0.5, 0.6) is 0 Å². The first-order chi connectivity index (χ1) is 7.08. The number of halogens is 2. The lowest BCUT2D eigenvalue weighted by atomic mass is 9.88. The van der Waals surface area contributed by atoms with Gasteiger partial charge >= 0.3 is 0 Å². The number of hydrogen-bond acceptors (Lipinski definition) is 1. The largest absolute Gasteiger partial charge is 0.370 e. The zero-order chi connectivity index (χ0) is 11.0. The van der Waals surface area contributed by atoms with Gasteiger partial charge in [-0.25, -0.2) is 0 Å². The zero-order valence-electron chi connectivity index (χ0n) is 9.00. The first-order valence-electron chi connectivity index (χ1n) is 5.28. The summed E-state index contributed by atoms with van der Waals surface area (Å²) >= 11 is 5.98. The van der Waals surface area contributed by atoms with Crippen LogP contribution in [0.15, 0.2) is 22.7 Å². The van der Waals surface area contributed by atoms with Crippen molar-refractivity contribution < 1.29 is 0 Å². The predicted octanol–water partition coefficient (Wildman–Crippen LogP) is 4.15. The smallest absolute Gasteiger partial charge is 0.0521 e. The molecule has 1 aliphatic rings. The number of rotatable bonds is 2. The Balaban J connectivity index is 2.09. The summed E-state index contributed by atoms with van der Waals surface area (Å²) in [6, 6.07) is 6.52. The molecular weight excluding hydrogens is 365 g/mol. The van der Waals surface area contributed by atoms with Gasteiger partial charge < -0.3 is 4.90 Å². The summed E-state index contributed by atoms with van der Waals surface area (Å²) in [5.74, 6) is 1.68. The van der Waals surface area contributed by atoms with Crippen molar-refractivity contribution in [3.63, 3.8) is 0 Å². The maximum atomic E-state index is 3.62. The Kier molecular flexibility index (Phi) is 3.60. The summed E-state index contributed by atoms with van der Waals surface area (Å²) in [7, 11) is 0. The molecule has 0 aromatic heterocycles. The fourth-order valence-electron chi connectivity index (χ4n) is 1.86. The quantitative estimate of drug-likeness (QED) is 0.698. The third kappa shape index (κ3) is 2.49. The molecule has 0 saturated carbocycles. The maximum absolute atomic E-state index is 3.62. The van der Waals surface area contributed by atoms with E-state index < -0.39 is 0 Å². The average Bonchev–Trinajstić information content (AvgIpc) is 2.08. The van der Waals surface area contributed by atoms with Crippen molar-refractivity contribution in [1.82, 2.24) is 0 Å². The van der Waals surface area contributed by atoms with Gasteiger partial charge in [0.05, 0.1) is 5.69 Å². The molecule has 0 radical (unpaired) electrons. The molecule has 15 heavy (non-hydrogen) atoms. The van der Waals surface area contributed by atoms with Gasteiger partial charge in [-0.3, -0.25) is 0 Å². The topological polar surface area (TPSA) is 3.24 Å². The van der Waals surface area contributed by atoms with Gasteiger partial charge in [0.25, 0.3) is 0 Å². The lowest BCUT2D eigenvalue weighted by molar-refractivity contribution is 0.309. The number of nitrogens with zero attached hydrogens (tertiary/aromatic N) is 1. The molecule has 0 unspecified atom stereocenters. The normalized spacial score (nSPS) is 17.0. The van der Waals surface area contributed by atoms with Gasteiger partial charge in [-0.1, -0.05) is 13.8 Å². The van der Waals surface area contributed by atoms with E-state index in [-0.39, 0.29) is 0 Å². The minimum atomic E-state index is 0.808. The molecule has 1 heterocycles. The van der Waals surface area contributed by atoms with Crippen LogP contribution in [0, 0.1) is 15.4 Å². The van der Waals surface area contributed by atoms with Crippen LogP contribution in [0.25, 0.3) is 0 Å². The minimum Gasteiger partial charge on any atom is -0.370 e. The van der Waals surface area contributed by atoms with Gasteiger partial charge in [0, 0.05) is 21.1 Å². The van der Waals surface area contributed by atoms with Crippen LogP contribution in [0.2, 0.25) is 0 Å². The fourth-order valence-corrected chi connectivity index (χ4v) is 2.83. The highest BCUT2D eigenvalue weighted by Crippen LogP contribution is 2.34. The van der Waals surface area contributed by atoms with E-state index in [1.165, 1.54) is 26.8 Å². The van der Waals surface area contributed by atoms with Gasteiger partial charge in [0.1, 0.15) is 0 Å². The van der Waals surface area contributed by atoms with Gasteiger partial charge in [0.2, 0.25) is 0 Å². The lowest BCUT2D eigenvalue weighted by Crippen LogP contribution is -2.49. The minimum absolute atomic E-state index is 0.808. The fraction of sp³-hybridized carbons (Fsp3) is 0.500. The van der Waals surface area contributed by atoms with E-state index in [0.717, 1.165) is 11.8 Å². The molecule has 1 aromatic carbocycles. The van der Waals surface area contributed by atoms with E-state index in [4.69, 9.17) is 0 Å². The van der Waals surface area contributed by atoms with E-state index in [9.17, 15) is 0 Å². The van der Waals surface area contributed by atoms with E-state index >= 15 is 0 Å². The molecular formula is C12H15BrIN. The van der Waals surface area contributed by atoms with Crippen LogP contribution in [-0.4, -0.2) is 13.1 Å². The number of hydrogen-bond donors (Lipinski definition) is 0. The summed E-state index contributed by atoms with van der Waals surface area (Å²) < 4.78 is 2.52. The molecule has 0 amide bonds. The summed E-state index contributed by atoms with van der Waals surface area (Å²) in [6.45, 7) is 7.03. The zero-order valence-corrected chi connectivity index (χ0v) is 12.7. The Bertz CT molecular complexity index is 359. The van der Waals surface area contributed by atoms with Crippen molar-refractivity contribution in [3.8, 4) is 0 Å². The number of benzene rings is 1. The monoisotopic (exact) mass is 379 g/mol. The molecule has 0 atom stereocenters. The molecule has 1 fully saturated rings. The first kappa shape index (κ1) is 11.7. The standard InChI is InChI=1S/C12H15BrIN/c1-8(2)9-6-15(7-9)12-5-10(14)3-4-11(12)13/h3-5,8-9H,6-7H2,1-2H3. The molecule has 1 nitrogen and oxygen atoms in total. The van der Waals surface area contributed by atoms with Crippen molar-refractivity contribution in [2.24, 2.45) is 11.8 Å². The second-order valence-corrected chi connectivity index (χ2v) is 6.60.